The summed E-state index contributed by atoms with van der Waals surface area (Å²) < 4.78 is 5.39. The molecular formula is C26H40N4O4S. The van der Waals surface area contributed by atoms with E-state index >= 15 is 0 Å². The van der Waals surface area contributed by atoms with Crippen LogP contribution in [-0.4, -0.2) is 72.3 Å². The number of nitrogens with zero attached hydrogens (tertiary/aromatic N) is 2. The summed E-state index contributed by atoms with van der Waals surface area (Å²) in [5.74, 6) is 0.101. The highest BCUT2D eigenvalue weighted by molar-refractivity contribution is 7.15. The average Bonchev–Trinajstić information content (AvgIpc) is 3.61. The minimum absolute atomic E-state index is 0.0286. The van der Waals surface area contributed by atoms with Crippen LogP contribution in [0.2, 0.25) is 0 Å². The molecule has 6 atom stereocenters. The topological polar surface area (TPSA) is 104 Å². The van der Waals surface area contributed by atoms with Gasteiger partial charge in [-0.15, -0.1) is 11.3 Å². The number of amides is 2. The summed E-state index contributed by atoms with van der Waals surface area (Å²) in [5, 5.41) is 18.4. The predicted octanol–water partition coefficient (Wildman–Crippen LogP) is 2.63. The van der Waals surface area contributed by atoms with Crippen LogP contribution in [0, 0.1) is 29.1 Å². The van der Waals surface area contributed by atoms with Gasteiger partial charge < -0.3 is 20.5 Å². The molecule has 1 aromatic heterocycles. The number of nitrogens with one attached hydrogen (secondary N) is 2. The van der Waals surface area contributed by atoms with Crippen LogP contribution in [0.4, 0.5) is 5.13 Å². The van der Waals surface area contributed by atoms with E-state index in [1.54, 1.807) is 11.3 Å². The number of ether oxygens (including phenoxy) is 1. The Labute approximate surface area is 212 Å². The fraction of sp³-hybridized carbons (Fsp3) is 0.808. The molecule has 0 unspecified atom stereocenters. The second-order valence-electron chi connectivity index (χ2n) is 11.5. The monoisotopic (exact) mass is 504 g/mol. The van der Waals surface area contributed by atoms with Crippen molar-refractivity contribution in [1.29, 1.82) is 0 Å². The normalized spacial score (nSPS) is 33.9. The summed E-state index contributed by atoms with van der Waals surface area (Å²) in [7, 11) is 0. The largest absolute Gasteiger partial charge is 0.392 e. The molecule has 0 bridgehead atoms. The fourth-order valence-corrected chi connectivity index (χ4v) is 7.94. The van der Waals surface area contributed by atoms with Crippen LogP contribution in [0.5, 0.6) is 0 Å². The molecule has 3 fully saturated rings. The van der Waals surface area contributed by atoms with Crippen LogP contribution in [0.3, 0.4) is 0 Å². The lowest BCUT2D eigenvalue weighted by atomic mass is 9.53. The molecule has 0 aromatic carbocycles. The molecule has 5 rings (SSSR count). The van der Waals surface area contributed by atoms with Crippen molar-refractivity contribution in [2.75, 3.05) is 44.7 Å². The maximum Gasteiger partial charge on any atom is 0.229 e. The van der Waals surface area contributed by atoms with Crippen LogP contribution < -0.4 is 10.6 Å². The van der Waals surface area contributed by atoms with Gasteiger partial charge in [0.15, 0.2) is 5.13 Å². The number of carbonyl (C=O) groups is 2. The molecule has 4 aliphatic rings. The Hall–Kier alpha value is -1.55. The molecule has 0 radical (unpaired) electrons. The average molecular weight is 505 g/mol. The molecule has 9 heteroatoms. The van der Waals surface area contributed by atoms with Gasteiger partial charge in [0, 0.05) is 48.8 Å². The first kappa shape index (κ1) is 25.1. The first-order valence-electron chi connectivity index (χ1n) is 13.3. The van der Waals surface area contributed by atoms with E-state index < -0.39 is 6.10 Å². The van der Waals surface area contributed by atoms with E-state index in [9.17, 15) is 14.7 Å². The Morgan fingerprint density at radius 3 is 2.74 bits per heavy atom. The number of aliphatic hydroxyl groups is 1. The zero-order chi connectivity index (χ0) is 24.7. The third-order valence-corrected chi connectivity index (χ3v) is 9.97. The lowest BCUT2D eigenvalue weighted by Crippen LogP contribution is -2.53. The number of thiazole rings is 1. The Kier molecular flexibility index (Phi) is 7.23. The van der Waals surface area contributed by atoms with Gasteiger partial charge in [-0.2, -0.15) is 0 Å². The van der Waals surface area contributed by atoms with Gasteiger partial charge in [0.05, 0.1) is 25.0 Å². The summed E-state index contributed by atoms with van der Waals surface area (Å²) in [6.07, 6.45) is 4.09. The van der Waals surface area contributed by atoms with Crippen molar-refractivity contribution in [3.8, 4) is 0 Å². The quantitative estimate of drug-likeness (QED) is 0.528. The zero-order valence-electron chi connectivity index (χ0n) is 21.2. The number of morpholine rings is 1. The van der Waals surface area contributed by atoms with Gasteiger partial charge in [0.25, 0.3) is 0 Å². The van der Waals surface area contributed by atoms with Crippen molar-refractivity contribution in [2.45, 2.75) is 64.9 Å². The van der Waals surface area contributed by atoms with Crippen molar-refractivity contribution in [3.63, 3.8) is 0 Å². The lowest BCUT2D eigenvalue weighted by molar-refractivity contribution is -0.134. The van der Waals surface area contributed by atoms with Gasteiger partial charge in [0.1, 0.15) is 0 Å². The maximum absolute atomic E-state index is 13.0. The highest BCUT2D eigenvalue weighted by Gasteiger charge is 2.54. The Balaban J connectivity index is 1.22. The zero-order valence-corrected chi connectivity index (χ0v) is 22.0. The molecule has 1 aliphatic heterocycles. The smallest absolute Gasteiger partial charge is 0.229 e. The number of aliphatic hydroxyl groups excluding tert-OH is 1. The van der Waals surface area contributed by atoms with Crippen LogP contribution >= 0.6 is 11.3 Å². The fourth-order valence-electron chi connectivity index (χ4n) is 6.67. The van der Waals surface area contributed by atoms with E-state index in [0.717, 1.165) is 70.6 Å². The van der Waals surface area contributed by atoms with E-state index in [-0.39, 0.29) is 46.8 Å². The first-order chi connectivity index (χ1) is 16.8. The van der Waals surface area contributed by atoms with Crippen LogP contribution in [-0.2, 0) is 20.7 Å². The predicted molar refractivity (Wildman–Crippen MR) is 135 cm³/mol. The van der Waals surface area contributed by atoms with Gasteiger partial charge in [-0.3, -0.25) is 14.5 Å². The maximum atomic E-state index is 13.0. The molecule has 2 saturated carbocycles. The van der Waals surface area contributed by atoms with Crippen molar-refractivity contribution in [1.82, 2.24) is 15.2 Å². The molecule has 3 N–H and O–H groups in total. The molecule has 2 amide bonds. The summed E-state index contributed by atoms with van der Waals surface area (Å²) in [6, 6.07) is 0. The van der Waals surface area contributed by atoms with Gasteiger partial charge in [-0.1, -0.05) is 20.8 Å². The first-order valence-corrected chi connectivity index (χ1v) is 14.1. The van der Waals surface area contributed by atoms with Crippen LogP contribution in [0.25, 0.3) is 0 Å². The van der Waals surface area contributed by atoms with Crippen molar-refractivity contribution in [2.24, 2.45) is 29.1 Å². The van der Waals surface area contributed by atoms with E-state index in [0.29, 0.717) is 11.7 Å². The molecule has 0 spiro atoms. The van der Waals surface area contributed by atoms with E-state index in [4.69, 9.17) is 9.72 Å². The second-order valence-corrected chi connectivity index (χ2v) is 12.5. The van der Waals surface area contributed by atoms with Gasteiger partial charge in [-0.05, 0) is 49.4 Å². The number of hydrogen-bond acceptors (Lipinski definition) is 7. The summed E-state index contributed by atoms with van der Waals surface area (Å²) in [5.41, 5.74) is 0.991. The molecule has 8 nitrogen and oxygen atoms in total. The molecule has 2 heterocycles. The molecule has 1 aromatic rings. The minimum atomic E-state index is -0.553. The highest BCUT2D eigenvalue weighted by atomic mass is 32.1. The van der Waals surface area contributed by atoms with Crippen molar-refractivity contribution in [3.05, 3.63) is 10.6 Å². The number of hydrogen-bond donors (Lipinski definition) is 3. The van der Waals surface area contributed by atoms with E-state index in [1.165, 1.54) is 4.88 Å². The summed E-state index contributed by atoms with van der Waals surface area (Å²) >= 11 is 1.60. The standard InChI is InChI=1S/C26H40N4O4S/c1-15(23(32)27-8-9-30-10-12-34-13-11-30)18-6-7-26(3)14-19-21(16(2)20(26)22(18)31)28-25(35-19)29-24(33)17-4-5-17/h15-18,20,22,31H,4-14H2,1-3H3,(H,27,32)(H,28,29,33)/t15-,16-,18-,20+,22-,26+/m0/s1. The Morgan fingerprint density at radius 2 is 2.03 bits per heavy atom. The van der Waals surface area contributed by atoms with Crippen molar-refractivity contribution < 1.29 is 19.4 Å². The Morgan fingerprint density at radius 1 is 1.29 bits per heavy atom. The van der Waals surface area contributed by atoms with Crippen LogP contribution in [0.1, 0.15) is 62.9 Å². The number of fused-ring (bicyclic) bond motifs is 2. The highest BCUT2D eigenvalue weighted by Crippen LogP contribution is 2.57. The molecule has 1 saturated heterocycles. The summed E-state index contributed by atoms with van der Waals surface area (Å²) in [4.78, 5) is 33.6. The van der Waals surface area contributed by atoms with Gasteiger partial charge in [0.2, 0.25) is 11.8 Å². The SMILES string of the molecule is C[C@H](C(=O)NCCN1CCOCC1)[C@@H]1CC[C@]2(C)Cc3sc(NC(=O)C4CC4)nc3[C@@H](C)[C@@H]2[C@H]1O. The van der Waals surface area contributed by atoms with Gasteiger partial charge >= 0.3 is 0 Å². The number of rotatable bonds is 7. The van der Waals surface area contributed by atoms with E-state index in [2.05, 4.69) is 29.4 Å². The number of anilines is 1. The second kappa shape index (κ2) is 10.1. The van der Waals surface area contributed by atoms with Gasteiger partial charge in [-0.25, -0.2) is 4.98 Å². The van der Waals surface area contributed by atoms with Crippen molar-refractivity contribution >= 4 is 28.3 Å². The number of carbonyl (C=O) groups excluding carboxylic acids is 2. The number of aromatic nitrogens is 1. The minimum Gasteiger partial charge on any atom is -0.392 e. The molecule has 3 aliphatic carbocycles. The summed E-state index contributed by atoms with van der Waals surface area (Å²) in [6.45, 7) is 11.2. The third kappa shape index (κ3) is 5.15. The lowest BCUT2D eigenvalue weighted by Gasteiger charge is -2.53. The molecule has 194 valence electrons. The molecular weight excluding hydrogens is 464 g/mol. The molecule has 35 heavy (non-hydrogen) atoms. The third-order valence-electron chi connectivity index (χ3n) is 8.99. The van der Waals surface area contributed by atoms with Crippen LogP contribution in [0.15, 0.2) is 0 Å². The van der Waals surface area contributed by atoms with E-state index in [1.807, 2.05) is 6.92 Å². The Bertz CT molecular complexity index is 944.